The normalized spacial score (nSPS) is 11.9. The summed E-state index contributed by atoms with van der Waals surface area (Å²) in [6.45, 7) is 2.25. The molecule has 0 heterocycles. The Bertz CT molecular complexity index is 575. The van der Waals surface area contributed by atoms with Crippen LogP contribution in [0.4, 0.5) is 5.69 Å². The quantitative estimate of drug-likeness (QED) is 0.314. The average Bonchev–Trinajstić information content (AvgIpc) is 2.66. The molecule has 5 nitrogen and oxygen atoms in total. The molecule has 1 amide bonds. The van der Waals surface area contributed by atoms with Gasteiger partial charge in [0.2, 0.25) is 5.91 Å². The molecule has 1 atom stereocenters. The summed E-state index contributed by atoms with van der Waals surface area (Å²) in [5, 5.41) is 11.8. The van der Waals surface area contributed by atoms with Crippen molar-refractivity contribution in [3.05, 3.63) is 29.8 Å². The van der Waals surface area contributed by atoms with E-state index in [4.69, 9.17) is 10.8 Å². The maximum Gasteiger partial charge on any atom is 0.337 e. The molecule has 0 fully saturated rings. The number of rotatable bonds is 16. The minimum atomic E-state index is -1.05. The third-order valence-electron chi connectivity index (χ3n) is 5.06. The zero-order valence-corrected chi connectivity index (χ0v) is 17.4. The van der Waals surface area contributed by atoms with Crippen molar-refractivity contribution >= 4 is 17.6 Å². The fraction of sp³-hybridized carbons (Fsp3) is 0.652. The van der Waals surface area contributed by atoms with Crippen LogP contribution in [-0.4, -0.2) is 23.0 Å². The summed E-state index contributed by atoms with van der Waals surface area (Å²) >= 11 is 0. The molecule has 1 aromatic rings. The van der Waals surface area contributed by atoms with Crippen LogP contribution in [0.1, 0.15) is 101 Å². The highest BCUT2D eigenvalue weighted by molar-refractivity contribution is 6.00. The van der Waals surface area contributed by atoms with E-state index in [1.54, 1.807) is 18.2 Å². The number of nitrogens with one attached hydrogen (secondary N) is 1. The number of unbranched alkanes of at least 4 members (excludes halogenated alkanes) is 10. The Morgan fingerprint density at radius 3 is 2.04 bits per heavy atom. The SMILES string of the molecule is CCCCCCCCCCCCCC(N)CC(=O)Nc1ccccc1C(=O)O. The Labute approximate surface area is 170 Å². The third kappa shape index (κ3) is 11.1. The molecule has 0 bridgehead atoms. The highest BCUT2D eigenvalue weighted by Gasteiger charge is 2.14. The van der Waals surface area contributed by atoms with Crippen LogP contribution in [0.25, 0.3) is 0 Å². The lowest BCUT2D eigenvalue weighted by molar-refractivity contribution is -0.116. The van der Waals surface area contributed by atoms with Crippen molar-refractivity contribution in [2.75, 3.05) is 5.32 Å². The van der Waals surface area contributed by atoms with Gasteiger partial charge in [-0.3, -0.25) is 4.79 Å². The van der Waals surface area contributed by atoms with Crippen molar-refractivity contribution in [3.8, 4) is 0 Å². The van der Waals surface area contributed by atoms with Gasteiger partial charge in [0.15, 0.2) is 0 Å². The number of amides is 1. The minimum Gasteiger partial charge on any atom is -0.478 e. The lowest BCUT2D eigenvalue weighted by Gasteiger charge is -2.13. The molecule has 1 rings (SSSR count). The summed E-state index contributed by atoms with van der Waals surface area (Å²) in [4.78, 5) is 23.3. The molecule has 1 aromatic carbocycles. The lowest BCUT2D eigenvalue weighted by atomic mass is 10.0. The maximum absolute atomic E-state index is 12.1. The highest BCUT2D eigenvalue weighted by Crippen LogP contribution is 2.16. The largest absolute Gasteiger partial charge is 0.478 e. The minimum absolute atomic E-state index is 0.0924. The maximum atomic E-state index is 12.1. The predicted octanol–water partition coefficient (Wildman–Crippen LogP) is 5.74. The molecule has 28 heavy (non-hydrogen) atoms. The van der Waals surface area contributed by atoms with Gasteiger partial charge in [0.25, 0.3) is 0 Å². The fourth-order valence-electron chi connectivity index (χ4n) is 3.39. The Hall–Kier alpha value is -1.88. The number of hydrogen-bond donors (Lipinski definition) is 3. The Balaban J connectivity index is 2.08. The molecule has 5 heteroatoms. The number of carboxylic acid groups (broad SMARTS) is 1. The number of hydrogen-bond acceptors (Lipinski definition) is 3. The van der Waals surface area contributed by atoms with Gasteiger partial charge < -0.3 is 16.2 Å². The molecular weight excluding hydrogens is 352 g/mol. The Morgan fingerprint density at radius 1 is 0.929 bits per heavy atom. The van der Waals surface area contributed by atoms with Crippen LogP contribution in [0.5, 0.6) is 0 Å². The zero-order valence-electron chi connectivity index (χ0n) is 17.4. The van der Waals surface area contributed by atoms with E-state index in [1.807, 2.05) is 0 Å². The molecule has 0 radical (unpaired) electrons. The van der Waals surface area contributed by atoms with Crippen LogP contribution in [0.3, 0.4) is 0 Å². The first-order valence-electron chi connectivity index (χ1n) is 10.9. The number of benzene rings is 1. The van der Waals surface area contributed by atoms with Gasteiger partial charge in [-0.15, -0.1) is 0 Å². The molecule has 0 aromatic heterocycles. The number of carbonyl (C=O) groups is 2. The van der Waals surface area contributed by atoms with Crippen LogP contribution < -0.4 is 11.1 Å². The van der Waals surface area contributed by atoms with Gasteiger partial charge in [-0.1, -0.05) is 89.7 Å². The van der Waals surface area contributed by atoms with Gasteiger partial charge in [-0.05, 0) is 18.6 Å². The number of anilines is 1. The highest BCUT2D eigenvalue weighted by atomic mass is 16.4. The average molecular weight is 391 g/mol. The first-order chi connectivity index (χ1) is 13.5. The van der Waals surface area contributed by atoms with Crippen LogP contribution in [0.15, 0.2) is 24.3 Å². The Morgan fingerprint density at radius 2 is 1.46 bits per heavy atom. The second-order valence-electron chi connectivity index (χ2n) is 7.69. The van der Waals surface area contributed by atoms with Gasteiger partial charge in [0.05, 0.1) is 11.3 Å². The van der Waals surface area contributed by atoms with Gasteiger partial charge >= 0.3 is 5.97 Å². The van der Waals surface area contributed by atoms with Crippen molar-refractivity contribution < 1.29 is 14.7 Å². The van der Waals surface area contributed by atoms with E-state index >= 15 is 0 Å². The fourth-order valence-corrected chi connectivity index (χ4v) is 3.39. The number of carboxylic acids is 1. The van der Waals surface area contributed by atoms with Crippen LogP contribution in [0, 0.1) is 0 Å². The van der Waals surface area contributed by atoms with E-state index in [-0.39, 0.29) is 23.9 Å². The van der Waals surface area contributed by atoms with E-state index in [1.165, 1.54) is 63.9 Å². The van der Waals surface area contributed by atoms with E-state index in [0.29, 0.717) is 5.69 Å². The second-order valence-corrected chi connectivity index (χ2v) is 7.69. The molecule has 0 saturated heterocycles. The summed E-state index contributed by atoms with van der Waals surface area (Å²) in [6, 6.07) is 6.22. The summed E-state index contributed by atoms with van der Waals surface area (Å²) in [5.41, 5.74) is 6.48. The monoisotopic (exact) mass is 390 g/mol. The number of nitrogens with two attached hydrogens (primary N) is 1. The van der Waals surface area contributed by atoms with Gasteiger partial charge in [-0.25, -0.2) is 4.79 Å². The summed E-state index contributed by atoms with van der Waals surface area (Å²) < 4.78 is 0. The molecule has 0 aliphatic rings. The van der Waals surface area contributed by atoms with Crippen molar-refractivity contribution in [3.63, 3.8) is 0 Å². The smallest absolute Gasteiger partial charge is 0.337 e. The first-order valence-corrected chi connectivity index (χ1v) is 10.9. The second kappa shape index (κ2) is 15.1. The molecule has 0 aliphatic carbocycles. The lowest BCUT2D eigenvalue weighted by Crippen LogP contribution is -2.27. The van der Waals surface area contributed by atoms with Gasteiger partial charge in [0.1, 0.15) is 0 Å². The topological polar surface area (TPSA) is 92.4 Å². The van der Waals surface area contributed by atoms with Crippen LogP contribution in [0.2, 0.25) is 0 Å². The van der Waals surface area contributed by atoms with E-state index in [2.05, 4.69) is 12.2 Å². The van der Waals surface area contributed by atoms with Gasteiger partial charge in [0, 0.05) is 12.5 Å². The van der Waals surface area contributed by atoms with E-state index in [9.17, 15) is 9.59 Å². The molecular formula is C23H38N2O3. The predicted molar refractivity (Wildman–Crippen MR) is 116 cm³/mol. The summed E-state index contributed by atoms with van der Waals surface area (Å²) in [5.74, 6) is -1.29. The summed E-state index contributed by atoms with van der Waals surface area (Å²) in [7, 11) is 0. The standard InChI is InChI=1S/C23H38N2O3/c1-2-3-4-5-6-7-8-9-10-11-12-15-19(24)18-22(26)25-21-17-14-13-16-20(21)23(27)28/h13-14,16-17,19H,2-12,15,18,24H2,1H3,(H,25,26)(H,27,28). The van der Waals surface area contributed by atoms with Crippen LogP contribution in [-0.2, 0) is 4.79 Å². The number of carbonyl (C=O) groups excluding carboxylic acids is 1. The zero-order chi connectivity index (χ0) is 20.6. The van der Waals surface area contributed by atoms with Crippen LogP contribution >= 0.6 is 0 Å². The molecule has 4 N–H and O–H groups in total. The first kappa shape index (κ1) is 24.2. The molecule has 0 saturated carbocycles. The Kier molecular flexibility index (Phi) is 13.0. The van der Waals surface area contributed by atoms with E-state index < -0.39 is 5.97 Å². The van der Waals surface area contributed by atoms with Crippen molar-refractivity contribution in [1.82, 2.24) is 0 Å². The van der Waals surface area contributed by atoms with Crippen molar-refractivity contribution in [1.29, 1.82) is 0 Å². The van der Waals surface area contributed by atoms with Crippen molar-refractivity contribution in [2.24, 2.45) is 5.73 Å². The molecule has 158 valence electrons. The molecule has 0 aliphatic heterocycles. The number of para-hydroxylation sites is 1. The van der Waals surface area contributed by atoms with Gasteiger partial charge in [-0.2, -0.15) is 0 Å². The molecule has 1 unspecified atom stereocenters. The van der Waals surface area contributed by atoms with E-state index in [0.717, 1.165) is 19.3 Å². The third-order valence-corrected chi connectivity index (χ3v) is 5.06. The van der Waals surface area contributed by atoms with Crippen molar-refractivity contribution in [2.45, 2.75) is 96.4 Å². The summed E-state index contributed by atoms with van der Waals surface area (Å²) in [6.07, 6.45) is 15.2. The molecule has 0 spiro atoms. The number of aromatic carboxylic acids is 1.